The van der Waals surface area contributed by atoms with Crippen LogP contribution in [0.25, 0.3) is 0 Å². The first-order valence-electron chi connectivity index (χ1n) is 11.0. The fourth-order valence-corrected chi connectivity index (χ4v) is 3.08. The number of nitrogens with one attached hydrogen (secondary N) is 5. The van der Waals surface area contributed by atoms with Crippen molar-refractivity contribution in [3.8, 4) is 23.7 Å². The molecular weight excluding hydrogens is 500 g/mol. The van der Waals surface area contributed by atoms with E-state index in [-0.39, 0.29) is 11.5 Å². The van der Waals surface area contributed by atoms with Gasteiger partial charge in [-0.1, -0.05) is 11.8 Å². The van der Waals surface area contributed by atoms with Crippen LogP contribution in [0.3, 0.4) is 0 Å². The van der Waals surface area contributed by atoms with Crippen LogP contribution in [0.1, 0.15) is 35.3 Å². The van der Waals surface area contributed by atoms with Gasteiger partial charge in [0.05, 0.1) is 0 Å². The van der Waals surface area contributed by atoms with Crippen molar-refractivity contribution in [3.63, 3.8) is 0 Å². The second kappa shape index (κ2) is 13.4. The predicted octanol–water partition coefficient (Wildman–Crippen LogP) is 1.60. The van der Waals surface area contributed by atoms with E-state index in [1.807, 2.05) is 5.32 Å². The Labute approximate surface area is 217 Å². The summed E-state index contributed by atoms with van der Waals surface area (Å²) in [4.78, 5) is 47.5. The number of benzene rings is 2. The van der Waals surface area contributed by atoms with Crippen molar-refractivity contribution < 1.29 is 33.2 Å². The van der Waals surface area contributed by atoms with Crippen LogP contribution in [0.15, 0.2) is 48.5 Å². The van der Waals surface area contributed by atoms with Crippen LogP contribution in [0.5, 0.6) is 0 Å². The van der Waals surface area contributed by atoms with Crippen molar-refractivity contribution in [3.05, 3.63) is 65.2 Å². The van der Waals surface area contributed by atoms with Crippen molar-refractivity contribution in [2.24, 2.45) is 0 Å². The molecule has 6 N–H and O–H groups in total. The van der Waals surface area contributed by atoms with Gasteiger partial charge in [-0.25, -0.2) is 19.1 Å². The first-order valence-corrected chi connectivity index (χ1v) is 11.0. The fraction of sp³-hybridized carbons (Fsp3) is 0.231. The standard InChI is InChI=1S/C26H25F2N5O5/c1-16(34)30-20-14-10-18(11-15-20)7-5-4-6-17-8-12-19(13-9-17)22(35)31-21(23(36)33-38)26(2,24(27)28)32-25(37)29-3/h8-15,21,24,38H,1-3H3,(H,30,34)(H,31,35)(H,33,36)(H2,29,32,37)/t21-,26?/m1/s1. The minimum absolute atomic E-state index is 0.00759. The molecule has 198 valence electrons. The molecule has 0 bridgehead atoms. The molecule has 0 radical (unpaired) electrons. The van der Waals surface area contributed by atoms with Crippen LogP contribution >= 0.6 is 0 Å². The molecule has 5 amide bonds. The average Bonchev–Trinajstić information content (AvgIpc) is 2.89. The van der Waals surface area contributed by atoms with E-state index in [2.05, 4.69) is 39.6 Å². The summed E-state index contributed by atoms with van der Waals surface area (Å²) in [6.45, 7) is 2.26. The van der Waals surface area contributed by atoms with Gasteiger partial charge in [0.15, 0.2) is 0 Å². The van der Waals surface area contributed by atoms with E-state index >= 15 is 0 Å². The number of hydrogen-bond donors (Lipinski definition) is 6. The number of hydrogen-bond acceptors (Lipinski definition) is 5. The highest BCUT2D eigenvalue weighted by Gasteiger charge is 2.48. The summed E-state index contributed by atoms with van der Waals surface area (Å²) in [5.74, 6) is 8.54. The number of urea groups is 1. The molecule has 0 aliphatic carbocycles. The predicted molar refractivity (Wildman–Crippen MR) is 134 cm³/mol. The van der Waals surface area contributed by atoms with Crippen LogP contribution in [0, 0.1) is 23.7 Å². The van der Waals surface area contributed by atoms with Crippen LogP contribution in [-0.2, 0) is 9.59 Å². The third kappa shape index (κ3) is 8.05. The van der Waals surface area contributed by atoms with Gasteiger partial charge in [-0.2, -0.15) is 0 Å². The van der Waals surface area contributed by atoms with Crippen LogP contribution in [-0.4, -0.2) is 54.0 Å². The molecular formula is C26H25F2N5O5. The Morgan fingerprint density at radius 3 is 1.89 bits per heavy atom. The maximum absolute atomic E-state index is 13.9. The van der Waals surface area contributed by atoms with E-state index in [4.69, 9.17) is 5.21 Å². The molecule has 0 saturated carbocycles. The first kappa shape index (κ1) is 29.3. The van der Waals surface area contributed by atoms with Gasteiger partial charge in [-0.05, 0) is 67.3 Å². The minimum Gasteiger partial charge on any atom is -0.341 e. The lowest BCUT2D eigenvalue weighted by Gasteiger charge is -2.36. The van der Waals surface area contributed by atoms with Crippen molar-refractivity contribution >= 4 is 29.4 Å². The molecule has 2 rings (SSSR count). The minimum atomic E-state index is -3.30. The number of hydroxylamine groups is 1. The van der Waals surface area contributed by atoms with Crippen LogP contribution < -0.4 is 26.7 Å². The van der Waals surface area contributed by atoms with Gasteiger partial charge in [-0.15, -0.1) is 0 Å². The third-order valence-corrected chi connectivity index (χ3v) is 5.14. The number of carbonyl (C=O) groups excluding carboxylic acids is 4. The largest absolute Gasteiger partial charge is 0.341 e. The number of carbonyl (C=O) groups is 4. The van der Waals surface area contributed by atoms with Crippen LogP contribution in [0.2, 0.25) is 0 Å². The zero-order valence-electron chi connectivity index (χ0n) is 20.6. The SMILES string of the molecule is CNC(=O)NC(C)(C(F)F)[C@H](NC(=O)c1ccc(C#CC#Cc2ccc(NC(C)=O)cc2)cc1)C(=O)NO. The van der Waals surface area contributed by atoms with Crippen molar-refractivity contribution in [1.29, 1.82) is 0 Å². The van der Waals surface area contributed by atoms with Gasteiger partial charge in [0.1, 0.15) is 11.6 Å². The summed E-state index contributed by atoms with van der Waals surface area (Å²) in [5.41, 5.74) is 0.502. The average molecular weight is 526 g/mol. The molecule has 0 heterocycles. The lowest BCUT2D eigenvalue weighted by molar-refractivity contribution is -0.135. The molecule has 38 heavy (non-hydrogen) atoms. The summed E-state index contributed by atoms with van der Waals surface area (Å²) < 4.78 is 27.7. The Bertz CT molecular complexity index is 1310. The molecule has 0 spiro atoms. The molecule has 12 heteroatoms. The fourth-order valence-electron chi connectivity index (χ4n) is 3.08. The molecule has 10 nitrogen and oxygen atoms in total. The lowest BCUT2D eigenvalue weighted by Crippen LogP contribution is -2.69. The van der Waals surface area contributed by atoms with Gasteiger partial charge in [0.2, 0.25) is 5.91 Å². The maximum atomic E-state index is 13.9. The highest BCUT2D eigenvalue weighted by atomic mass is 19.3. The first-order chi connectivity index (χ1) is 18.0. The van der Waals surface area contributed by atoms with E-state index in [9.17, 15) is 28.0 Å². The molecule has 1 unspecified atom stereocenters. The quantitative estimate of drug-likeness (QED) is 0.185. The molecule has 2 aromatic carbocycles. The van der Waals surface area contributed by atoms with Gasteiger partial charge in [-0.3, -0.25) is 19.6 Å². The highest BCUT2D eigenvalue weighted by Crippen LogP contribution is 2.21. The zero-order chi connectivity index (χ0) is 28.3. The molecule has 0 aliphatic rings. The smallest absolute Gasteiger partial charge is 0.315 e. The Balaban J connectivity index is 2.14. The van der Waals surface area contributed by atoms with Crippen molar-refractivity contribution in [2.45, 2.75) is 31.9 Å². The topological polar surface area (TPSA) is 149 Å². The monoisotopic (exact) mass is 525 g/mol. The number of alkyl halides is 2. The van der Waals surface area contributed by atoms with Crippen molar-refractivity contribution in [2.75, 3.05) is 12.4 Å². The molecule has 2 aromatic rings. The number of anilines is 1. The van der Waals surface area contributed by atoms with Crippen LogP contribution in [0.4, 0.5) is 19.3 Å². The molecule has 0 aliphatic heterocycles. The second-order valence-electron chi connectivity index (χ2n) is 8.01. The van der Waals surface area contributed by atoms with E-state index in [0.29, 0.717) is 16.8 Å². The van der Waals surface area contributed by atoms with E-state index in [1.54, 1.807) is 24.3 Å². The number of amides is 5. The van der Waals surface area contributed by atoms with E-state index < -0.39 is 35.9 Å². The van der Waals surface area contributed by atoms with Gasteiger partial charge in [0.25, 0.3) is 18.2 Å². The van der Waals surface area contributed by atoms with Crippen molar-refractivity contribution in [1.82, 2.24) is 21.4 Å². The lowest BCUT2D eigenvalue weighted by atomic mass is 9.91. The molecule has 0 fully saturated rings. The van der Waals surface area contributed by atoms with Gasteiger partial charge >= 0.3 is 6.03 Å². The maximum Gasteiger partial charge on any atom is 0.315 e. The van der Waals surface area contributed by atoms with E-state index in [1.165, 1.54) is 43.7 Å². The van der Waals surface area contributed by atoms with Gasteiger partial charge in [0, 0.05) is 36.3 Å². The Kier molecular flexibility index (Phi) is 10.3. The summed E-state index contributed by atoms with van der Waals surface area (Å²) in [7, 11) is 1.18. The Morgan fingerprint density at radius 2 is 1.45 bits per heavy atom. The summed E-state index contributed by atoms with van der Waals surface area (Å²) >= 11 is 0. The van der Waals surface area contributed by atoms with Gasteiger partial charge < -0.3 is 21.3 Å². The highest BCUT2D eigenvalue weighted by molar-refractivity contribution is 5.98. The normalized spacial score (nSPS) is 12.3. The number of halogens is 2. The zero-order valence-corrected chi connectivity index (χ0v) is 20.6. The third-order valence-electron chi connectivity index (χ3n) is 5.14. The molecule has 0 aromatic heterocycles. The second-order valence-corrected chi connectivity index (χ2v) is 8.01. The summed E-state index contributed by atoms with van der Waals surface area (Å²) in [5, 5.41) is 17.8. The summed E-state index contributed by atoms with van der Waals surface area (Å²) in [6, 6.07) is 9.49. The van der Waals surface area contributed by atoms with E-state index in [0.717, 1.165) is 6.92 Å². The molecule has 2 atom stereocenters. The molecule has 0 saturated heterocycles. The summed E-state index contributed by atoms with van der Waals surface area (Å²) in [6.07, 6.45) is -3.30. The number of rotatable bonds is 7. The Morgan fingerprint density at radius 1 is 0.921 bits per heavy atom. The Hall–Kier alpha value is -4.94.